The SMILES string of the molecule is c1ccc(Nc2cccc3cc(-c4ccc5c(c4)c4ccccc4n5-c4ccccc4)ccc23)cc1. The molecule has 170 valence electrons. The second kappa shape index (κ2) is 8.44. The number of hydrogen-bond acceptors (Lipinski definition) is 1. The molecule has 1 heterocycles. The zero-order valence-corrected chi connectivity index (χ0v) is 19.7. The number of hydrogen-bond donors (Lipinski definition) is 1. The molecule has 0 fully saturated rings. The largest absolute Gasteiger partial charge is 0.355 e. The second-order valence-corrected chi connectivity index (χ2v) is 9.15. The molecule has 6 aromatic carbocycles. The van der Waals surface area contributed by atoms with E-state index in [9.17, 15) is 0 Å². The molecular formula is C34H24N2. The average Bonchev–Trinajstić information content (AvgIpc) is 3.28. The first-order valence-corrected chi connectivity index (χ1v) is 12.3. The van der Waals surface area contributed by atoms with Crippen molar-refractivity contribution in [1.82, 2.24) is 4.57 Å². The Labute approximate surface area is 210 Å². The number of anilines is 2. The third-order valence-corrected chi connectivity index (χ3v) is 6.95. The Morgan fingerprint density at radius 3 is 2.00 bits per heavy atom. The third kappa shape index (κ3) is 3.43. The first-order valence-electron chi connectivity index (χ1n) is 12.3. The Morgan fingerprint density at radius 1 is 0.444 bits per heavy atom. The maximum atomic E-state index is 3.57. The summed E-state index contributed by atoms with van der Waals surface area (Å²) in [5.41, 5.74) is 8.29. The van der Waals surface area contributed by atoms with Crippen LogP contribution in [0.1, 0.15) is 0 Å². The molecule has 0 aliphatic rings. The van der Waals surface area contributed by atoms with E-state index in [2.05, 4.69) is 143 Å². The number of nitrogens with one attached hydrogen (secondary N) is 1. The normalized spacial score (nSPS) is 11.3. The lowest BCUT2D eigenvalue weighted by Crippen LogP contribution is -1.93. The molecule has 0 unspecified atom stereocenters. The predicted octanol–water partition coefficient (Wildman–Crippen LogP) is 9.35. The fraction of sp³-hybridized carbons (Fsp3) is 0. The van der Waals surface area contributed by atoms with Crippen LogP contribution in [0.5, 0.6) is 0 Å². The van der Waals surface area contributed by atoms with E-state index in [1.807, 2.05) is 6.07 Å². The molecule has 0 radical (unpaired) electrons. The van der Waals surface area contributed by atoms with E-state index in [0.29, 0.717) is 0 Å². The zero-order chi connectivity index (χ0) is 23.9. The number of nitrogens with zero attached hydrogens (tertiary/aromatic N) is 1. The molecule has 1 N–H and O–H groups in total. The van der Waals surface area contributed by atoms with Crippen molar-refractivity contribution in [2.45, 2.75) is 0 Å². The molecule has 2 nitrogen and oxygen atoms in total. The first kappa shape index (κ1) is 20.5. The molecule has 0 bridgehead atoms. The van der Waals surface area contributed by atoms with Gasteiger partial charge in [0, 0.05) is 33.2 Å². The van der Waals surface area contributed by atoms with Crippen LogP contribution >= 0.6 is 0 Å². The highest BCUT2D eigenvalue weighted by molar-refractivity contribution is 6.10. The lowest BCUT2D eigenvalue weighted by Gasteiger charge is -2.12. The molecule has 0 aliphatic heterocycles. The minimum Gasteiger partial charge on any atom is -0.355 e. The lowest BCUT2D eigenvalue weighted by molar-refractivity contribution is 1.18. The Balaban J connectivity index is 1.36. The van der Waals surface area contributed by atoms with E-state index >= 15 is 0 Å². The third-order valence-electron chi connectivity index (χ3n) is 6.95. The van der Waals surface area contributed by atoms with Crippen molar-refractivity contribution in [2.75, 3.05) is 5.32 Å². The molecule has 36 heavy (non-hydrogen) atoms. The molecule has 2 heteroatoms. The van der Waals surface area contributed by atoms with Crippen LogP contribution in [0.25, 0.3) is 49.4 Å². The quantitative estimate of drug-likeness (QED) is 0.277. The lowest BCUT2D eigenvalue weighted by atomic mass is 9.99. The van der Waals surface area contributed by atoms with Crippen LogP contribution in [-0.2, 0) is 0 Å². The highest BCUT2D eigenvalue weighted by Gasteiger charge is 2.13. The van der Waals surface area contributed by atoms with Crippen molar-refractivity contribution < 1.29 is 0 Å². The maximum absolute atomic E-state index is 3.57. The summed E-state index contributed by atoms with van der Waals surface area (Å²) in [6.45, 7) is 0. The van der Waals surface area contributed by atoms with Crippen molar-refractivity contribution in [3.05, 3.63) is 140 Å². The minimum atomic E-state index is 1.09. The molecule has 0 saturated carbocycles. The molecule has 7 aromatic rings. The van der Waals surface area contributed by atoms with Gasteiger partial charge >= 0.3 is 0 Å². The van der Waals surface area contributed by atoms with Crippen LogP contribution < -0.4 is 5.32 Å². The monoisotopic (exact) mass is 460 g/mol. The van der Waals surface area contributed by atoms with Gasteiger partial charge in [0.25, 0.3) is 0 Å². The van der Waals surface area contributed by atoms with E-state index < -0.39 is 0 Å². The van der Waals surface area contributed by atoms with Gasteiger partial charge in [0.2, 0.25) is 0 Å². The highest BCUT2D eigenvalue weighted by atomic mass is 15.0. The standard InChI is InChI=1S/C34H24N2/c1-3-11-27(12-4-1)35-32-16-9-10-26-22-24(18-20-29(26)32)25-19-21-34-31(23-25)30-15-7-8-17-33(30)36(34)28-13-5-2-6-14-28/h1-23,35H. The molecule has 0 aliphatic carbocycles. The van der Waals surface area contributed by atoms with Gasteiger partial charge in [-0.2, -0.15) is 0 Å². The first-order chi connectivity index (χ1) is 17.8. The summed E-state index contributed by atoms with van der Waals surface area (Å²) in [6.07, 6.45) is 0. The van der Waals surface area contributed by atoms with E-state index in [1.165, 1.54) is 49.4 Å². The van der Waals surface area contributed by atoms with Crippen molar-refractivity contribution >= 4 is 44.0 Å². The number of fused-ring (bicyclic) bond motifs is 4. The smallest absolute Gasteiger partial charge is 0.0541 e. The summed E-state index contributed by atoms with van der Waals surface area (Å²) in [5.74, 6) is 0. The van der Waals surface area contributed by atoms with Gasteiger partial charge in [0.1, 0.15) is 0 Å². The van der Waals surface area contributed by atoms with Crippen LogP contribution in [0.15, 0.2) is 140 Å². The van der Waals surface area contributed by atoms with E-state index in [-0.39, 0.29) is 0 Å². The van der Waals surface area contributed by atoms with E-state index in [0.717, 1.165) is 11.4 Å². The van der Waals surface area contributed by atoms with Gasteiger partial charge in [-0.25, -0.2) is 0 Å². The molecule has 0 saturated heterocycles. The fourth-order valence-electron chi connectivity index (χ4n) is 5.26. The summed E-state index contributed by atoms with van der Waals surface area (Å²) in [4.78, 5) is 0. The van der Waals surface area contributed by atoms with E-state index in [4.69, 9.17) is 0 Å². The summed E-state index contributed by atoms with van der Waals surface area (Å²) in [6, 6.07) is 49.6. The fourth-order valence-corrected chi connectivity index (χ4v) is 5.26. The molecule has 1 aromatic heterocycles. The van der Waals surface area contributed by atoms with Crippen LogP contribution in [0.2, 0.25) is 0 Å². The predicted molar refractivity (Wildman–Crippen MR) is 153 cm³/mol. The van der Waals surface area contributed by atoms with Crippen LogP contribution in [-0.4, -0.2) is 4.57 Å². The van der Waals surface area contributed by atoms with Gasteiger partial charge in [-0.15, -0.1) is 0 Å². The Hall–Kier alpha value is -4.82. The van der Waals surface area contributed by atoms with Crippen molar-refractivity contribution in [1.29, 1.82) is 0 Å². The second-order valence-electron chi connectivity index (χ2n) is 9.15. The van der Waals surface area contributed by atoms with Crippen molar-refractivity contribution in [2.24, 2.45) is 0 Å². The topological polar surface area (TPSA) is 17.0 Å². The summed E-state index contributed by atoms with van der Waals surface area (Å²) < 4.78 is 2.36. The Kier molecular flexibility index (Phi) is 4.82. The Morgan fingerprint density at radius 2 is 1.14 bits per heavy atom. The summed E-state index contributed by atoms with van der Waals surface area (Å²) >= 11 is 0. The van der Waals surface area contributed by atoms with Crippen molar-refractivity contribution in [3.8, 4) is 16.8 Å². The molecule has 7 rings (SSSR count). The summed E-state index contributed by atoms with van der Waals surface area (Å²) in [7, 11) is 0. The van der Waals surface area contributed by atoms with Gasteiger partial charge in [0.05, 0.1) is 11.0 Å². The number of aromatic nitrogens is 1. The average molecular weight is 461 g/mol. The van der Waals surface area contributed by atoms with Gasteiger partial charge in [-0.05, 0) is 71.1 Å². The van der Waals surface area contributed by atoms with Crippen LogP contribution in [0.4, 0.5) is 11.4 Å². The van der Waals surface area contributed by atoms with Gasteiger partial charge in [0.15, 0.2) is 0 Å². The number of para-hydroxylation sites is 3. The zero-order valence-electron chi connectivity index (χ0n) is 19.7. The van der Waals surface area contributed by atoms with Crippen LogP contribution in [0, 0.1) is 0 Å². The van der Waals surface area contributed by atoms with Crippen molar-refractivity contribution in [3.63, 3.8) is 0 Å². The van der Waals surface area contributed by atoms with Crippen LogP contribution in [0.3, 0.4) is 0 Å². The minimum absolute atomic E-state index is 1.09. The van der Waals surface area contributed by atoms with Gasteiger partial charge < -0.3 is 9.88 Å². The molecule has 0 amide bonds. The number of benzene rings is 6. The molecule has 0 atom stereocenters. The summed E-state index contributed by atoms with van der Waals surface area (Å²) in [5, 5.41) is 8.54. The number of rotatable bonds is 4. The van der Waals surface area contributed by atoms with E-state index in [1.54, 1.807) is 0 Å². The molecule has 0 spiro atoms. The van der Waals surface area contributed by atoms with Gasteiger partial charge in [-0.1, -0.05) is 84.9 Å². The Bertz CT molecular complexity index is 1850. The maximum Gasteiger partial charge on any atom is 0.0541 e. The van der Waals surface area contributed by atoms with Gasteiger partial charge in [-0.3, -0.25) is 0 Å². The highest BCUT2D eigenvalue weighted by Crippen LogP contribution is 2.36. The molecular weight excluding hydrogens is 436 g/mol.